The summed E-state index contributed by atoms with van der Waals surface area (Å²) >= 11 is 0. The Morgan fingerprint density at radius 3 is 3.00 bits per heavy atom. The Labute approximate surface area is 129 Å². The van der Waals surface area contributed by atoms with Crippen LogP contribution in [0.5, 0.6) is 0 Å². The summed E-state index contributed by atoms with van der Waals surface area (Å²) in [5.74, 6) is 2.45. The van der Waals surface area contributed by atoms with Crippen molar-refractivity contribution >= 4 is 17.6 Å². The molecule has 0 bridgehead atoms. The van der Waals surface area contributed by atoms with E-state index < -0.39 is 0 Å². The molecule has 1 aliphatic rings. The van der Waals surface area contributed by atoms with Crippen molar-refractivity contribution in [3.8, 4) is 0 Å². The zero-order valence-electron chi connectivity index (χ0n) is 12.7. The molecule has 116 valence electrons. The summed E-state index contributed by atoms with van der Waals surface area (Å²) in [7, 11) is 0. The molecule has 3 rings (SSSR count). The first-order chi connectivity index (χ1) is 10.8. The lowest BCUT2D eigenvalue weighted by Gasteiger charge is -2.12. The molecule has 1 aliphatic carbocycles. The topological polar surface area (TPSA) is 88.8 Å². The van der Waals surface area contributed by atoms with Crippen LogP contribution in [0, 0.1) is 6.92 Å². The second-order valence-electron chi connectivity index (χ2n) is 5.40. The lowest BCUT2D eigenvalue weighted by atomic mass is 9.97. The summed E-state index contributed by atoms with van der Waals surface area (Å²) in [6, 6.07) is 1.80. The Balaban J connectivity index is 1.53. The summed E-state index contributed by atoms with van der Waals surface area (Å²) in [5.41, 5.74) is 1.53. The van der Waals surface area contributed by atoms with Crippen LogP contribution in [0.4, 0.5) is 17.6 Å². The van der Waals surface area contributed by atoms with Gasteiger partial charge in [-0.1, -0.05) is 16.8 Å². The highest BCUT2D eigenvalue weighted by Crippen LogP contribution is 2.20. The molecule has 0 fully saturated rings. The van der Waals surface area contributed by atoms with Gasteiger partial charge in [-0.2, -0.15) is 10.1 Å². The molecule has 7 nitrogen and oxygen atoms in total. The van der Waals surface area contributed by atoms with Crippen LogP contribution in [0.1, 0.15) is 37.9 Å². The molecular formula is C15H20N6O. The molecule has 0 saturated heterocycles. The summed E-state index contributed by atoms with van der Waals surface area (Å²) in [6.45, 7) is 2.66. The molecule has 0 radical (unpaired) electrons. The van der Waals surface area contributed by atoms with E-state index in [1.165, 1.54) is 31.3 Å². The zero-order chi connectivity index (χ0) is 15.2. The van der Waals surface area contributed by atoms with Crippen LogP contribution < -0.4 is 10.6 Å². The smallest absolute Gasteiger partial charge is 0.244 e. The molecular weight excluding hydrogens is 280 g/mol. The highest BCUT2D eigenvalue weighted by molar-refractivity contribution is 5.51. The van der Waals surface area contributed by atoms with Crippen molar-refractivity contribution < 1.29 is 4.52 Å². The van der Waals surface area contributed by atoms with Gasteiger partial charge in [-0.3, -0.25) is 0 Å². The average Bonchev–Trinajstić information content (AvgIpc) is 2.94. The monoisotopic (exact) mass is 300 g/mol. The van der Waals surface area contributed by atoms with E-state index in [9.17, 15) is 0 Å². The first kappa shape index (κ1) is 14.5. The van der Waals surface area contributed by atoms with Crippen LogP contribution in [-0.2, 0) is 0 Å². The minimum Gasteiger partial charge on any atom is -0.360 e. The SMILES string of the molecule is Cc1cc(Nc2cnnc(NCCC3=CCCCC3)n2)no1. The number of aryl methyl sites for hydroxylation is 1. The van der Waals surface area contributed by atoms with Crippen molar-refractivity contribution in [2.24, 2.45) is 0 Å². The Hall–Kier alpha value is -2.44. The van der Waals surface area contributed by atoms with Gasteiger partial charge in [0.1, 0.15) is 5.76 Å². The Morgan fingerprint density at radius 1 is 1.27 bits per heavy atom. The zero-order valence-corrected chi connectivity index (χ0v) is 12.7. The van der Waals surface area contributed by atoms with Gasteiger partial charge in [0.15, 0.2) is 11.6 Å². The minimum atomic E-state index is 0.515. The number of allylic oxidation sites excluding steroid dienone is 1. The van der Waals surface area contributed by atoms with Gasteiger partial charge in [0, 0.05) is 12.6 Å². The molecule has 0 saturated carbocycles. The van der Waals surface area contributed by atoms with Crippen LogP contribution in [0.2, 0.25) is 0 Å². The second kappa shape index (κ2) is 7.02. The molecule has 0 aromatic carbocycles. The molecule has 2 aromatic heterocycles. The maximum Gasteiger partial charge on any atom is 0.244 e. The highest BCUT2D eigenvalue weighted by atomic mass is 16.5. The van der Waals surface area contributed by atoms with Crippen molar-refractivity contribution in [2.75, 3.05) is 17.2 Å². The number of rotatable bonds is 6. The van der Waals surface area contributed by atoms with Gasteiger partial charge in [0.2, 0.25) is 5.95 Å². The Kier molecular flexibility index (Phi) is 4.62. The molecule has 7 heteroatoms. The molecule has 0 atom stereocenters. The number of hydrogen-bond acceptors (Lipinski definition) is 7. The van der Waals surface area contributed by atoms with Gasteiger partial charge in [-0.15, -0.1) is 5.10 Å². The molecule has 2 aromatic rings. The third-order valence-corrected chi connectivity index (χ3v) is 3.56. The molecule has 2 heterocycles. The van der Waals surface area contributed by atoms with Crippen LogP contribution in [-0.4, -0.2) is 26.9 Å². The van der Waals surface area contributed by atoms with E-state index in [0.29, 0.717) is 17.6 Å². The van der Waals surface area contributed by atoms with E-state index in [2.05, 4.69) is 37.0 Å². The molecule has 0 spiro atoms. The largest absolute Gasteiger partial charge is 0.360 e. The van der Waals surface area contributed by atoms with Crippen molar-refractivity contribution in [1.82, 2.24) is 20.3 Å². The number of nitrogens with zero attached hydrogens (tertiary/aromatic N) is 4. The van der Waals surface area contributed by atoms with Gasteiger partial charge >= 0.3 is 0 Å². The van der Waals surface area contributed by atoms with E-state index in [1.807, 2.05) is 6.92 Å². The van der Waals surface area contributed by atoms with E-state index >= 15 is 0 Å². The van der Waals surface area contributed by atoms with Gasteiger partial charge in [-0.25, -0.2) is 0 Å². The summed E-state index contributed by atoms with van der Waals surface area (Å²) in [4.78, 5) is 4.36. The fourth-order valence-corrected chi connectivity index (χ4v) is 2.46. The highest BCUT2D eigenvalue weighted by Gasteiger charge is 2.06. The van der Waals surface area contributed by atoms with E-state index in [0.717, 1.165) is 18.7 Å². The van der Waals surface area contributed by atoms with Crippen LogP contribution in [0.3, 0.4) is 0 Å². The van der Waals surface area contributed by atoms with Crippen molar-refractivity contribution in [3.63, 3.8) is 0 Å². The maximum atomic E-state index is 5.00. The van der Waals surface area contributed by atoms with Crippen molar-refractivity contribution in [1.29, 1.82) is 0 Å². The van der Waals surface area contributed by atoms with Crippen LogP contribution in [0.15, 0.2) is 28.4 Å². The third-order valence-electron chi connectivity index (χ3n) is 3.56. The fourth-order valence-electron chi connectivity index (χ4n) is 2.46. The standard InChI is InChI=1S/C15H20N6O/c1-11-9-13(21-22-11)18-14-10-17-20-15(19-14)16-8-7-12-5-3-2-4-6-12/h5,9-10H,2-4,6-8H2,1H3,(H2,16,18,19,20,21). The fraction of sp³-hybridized carbons (Fsp3) is 0.467. The van der Waals surface area contributed by atoms with Gasteiger partial charge < -0.3 is 15.2 Å². The van der Waals surface area contributed by atoms with Gasteiger partial charge in [0.05, 0.1) is 6.20 Å². The first-order valence-electron chi connectivity index (χ1n) is 7.61. The van der Waals surface area contributed by atoms with Crippen molar-refractivity contribution in [2.45, 2.75) is 39.0 Å². The normalized spacial score (nSPS) is 14.5. The third kappa shape index (κ3) is 4.03. The van der Waals surface area contributed by atoms with Gasteiger partial charge in [-0.05, 0) is 39.0 Å². The predicted octanol–water partition coefficient (Wildman–Crippen LogP) is 3.21. The number of nitrogens with one attached hydrogen (secondary N) is 2. The average molecular weight is 300 g/mol. The minimum absolute atomic E-state index is 0.515. The molecule has 0 unspecified atom stereocenters. The van der Waals surface area contributed by atoms with Crippen LogP contribution >= 0.6 is 0 Å². The Bertz CT molecular complexity index is 651. The number of hydrogen-bond donors (Lipinski definition) is 2. The lowest BCUT2D eigenvalue weighted by Crippen LogP contribution is -2.09. The molecule has 2 N–H and O–H groups in total. The molecule has 0 aliphatic heterocycles. The Morgan fingerprint density at radius 2 is 2.23 bits per heavy atom. The number of aromatic nitrogens is 4. The summed E-state index contributed by atoms with van der Waals surface area (Å²) < 4.78 is 5.00. The quantitative estimate of drug-likeness (QED) is 0.792. The summed E-state index contributed by atoms with van der Waals surface area (Å²) in [6.07, 6.45) is 9.99. The van der Waals surface area contributed by atoms with E-state index in [1.54, 1.807) is 12.3 Å². The number of anilines is 3. The summed E-state index contributed by atoms with van der Waals surface area (Å²) in [5, 5.41) is 18.0. The molecule has 22 heavy (non-hydrogen) atoms. The van der Waals surface area contributed by atoms with Crippen molar-refractivity contribution in [3.05, 3.63) is 29.7 Å². The maximum absolute atomic E-state index is 5.00. The second-order valence-corrected chi connectivity index (χ2v) is 5.40. The first-order valence-corrected chi connectivity index (χ1v) is 7.61. The lowest BCUT2D eigenvalue weighted by molar-refractivity contribution is 0.400. The van der Waals surface area contributed by atoms with E-state index in [-0.39, 0.29) is 0 Å². The van der Waals surface area contributed by atoms with E-state index in [4.69, 9.17) is 4.52 Å². The molecule has 0 amide bonds. The van der Waals surface area contributed by atoms with Crippen LogP contribution in [0.25, 0.3) is 0 Å². The predicted molar refractivity (Wildman–Crippen MR) is 84.0 cm³/mol. The van der Waals surface area contributed by atoms with Gasteiger partial charge in [0.25, 0.3) is 0 Å².